The molecule has 5 aliphatic carbocycles. The van der Waals surface area contributed by atoms with Crippen LogP contribution in [0.25, 0.3) is 34.2 Å². The van der Waals surface area contributed by atoms with Crippen molar-refractivity contribution in [3.63, 3.8) is 0 Å². The number of aryl methyl sites for hydroxylation is 1. The average Bonchev–Trinajstić information content (AvgIpc) is 4.22. The topological polar surface area (TPSA) is 175 Å². The Kier molecular flexibility index (Phi) is 16.5. The highest BCUT2D eigenvalue weighted by atomic mass is 32.2. The molecule has 11 rings (SSSR count). The summed E-state index contributed by atoms with van der Waals surface area (Å²) < 4.78 is 9.67. The summed E-state index contributed by atoms with van der Waals surface area (Å²) in [5, 5.41) is 5.51. The van der Waals surface area contributed by atoms with Gasteiger partial charge in [-0.3, -0.25) is 9.59 Å². The minimum absolute atomic E-state index is 0.108. The van der Waals surface area contributed by atoms with Gasteiger partial charge in [0.25, 0.3) is 0 Å². The molecule has 7 aliphatic rings. The second kappa shape index (κ2) is 23.0. The maximum atomic E-state index is 13.9. The van der Waals surface area contributed by atoms with Gasteiger partial charge in [-0.05, 0) is 135 Å². The molecule has 2 fully saturated rings. The summed E-state index contributed by atoms with van der Waals surface area (Å²) in [7, 11) is 2.63. The maximum absolute atomic E-state index is 13.9. The first-order valence-electron chi connectivity index (χ1n) is 23.9. The molecule has 4 atom stereocenters. The third-order valence-corrected chi connectivity index (χ3v) is 15.0. The Morgan fingerprint density at radius 1 is 0.735 bits per heavy atom. The first kappa shape index (κ1) is 48.7. The zero-order chi connectivity index (χ0) is 47.6. The molecule has 4 N–H and O–H groups in total. The number of nitrogens with zero attached hydrogens (tertiary/aromatic N) is 4. The lowest BCUT2D eigenvalue weighted by Gasteiger charge is -2.28. The summed E-state index contributed by atoms with van der Waals surface area (Å²) in [6, 6.07) is 13.8. The fourth-order valence-electron chi connectivity index (χ4n) is 10.0. The number of nitrogens with one attached hydrogen (secondary N) is 4. The monoisotopic (exact) mass is 960 g/mol. The highest BCUT2D eigenvalue weighted by Crippen LogP contribution is 2.39. The Labute approximate surface area is 408 Å². The molecule has 16 heteroatoms. The molecule has 4 amide bonds. The van der Waals surface area contributed by atoms with Crippen molar-refractivity contribution in [2.24, 2.45) is 0 Å². The van der Waals surface area contributed by atoms with Crippen LogP contribution >= 0.6 is 23.5 Å². The molecule has 4 heterocycles. The fourth-order valence-corrected chi connectivity index (χ4v) is 11.0. The quantitative estimate of drug-likeness (QED) is 0.0898. The molecule has 2 aliphatic heterocycles. The first-order chi connectivity index (χ1) is 33.2. The minimum Gasteiger partial charge on any atom is -0.453 e. The first-order valence-corrected chi connectivity index (χ1v) is 26.7. The zero-order valence-electron chi connectivity index (χ0n) is 39.6. The third kappa shape index (κ3) is 11.4. The van der Waals surface area contributed by atoms with E-state index in [1.54, 1.807) is 23.5 Å². The zero-order valence-corrected chi connectivity index (χ0v) is 41.2. The van der Waals surface area contributed by atoms with Crippen molar-refractivity contribution in [3.8, 4) is 22.5 Å². The summed E-state index contributed by atoms with van der Waals surface area (Å²) in [6.07, 6.45) is 23.6. The number of hydrogen-bond acceptors (Lipinski definition) is 10. The molecule has 0 saturated carbocycles. The Balaban J connectivity index is 0.983. The maximum Gasteiger partial charge on any atom is 0.407 e. The van der Waals surface area contributed by atoms with Gasteiger partial charge in [-0.1, -0.05) is 65.8 Å². The van der Waals surface area contributed by atoms with E-state index in [4.69, 9.17) is 19.4 Å². The number of aromatic amines is 2. The number of carbonyl (C=O) groups excluding carboxylic acids is 4. The van der Waals surface area contributed by atoms with Gasteiger partial charge in [0, 0.05) is 18.7 Å². The lowest BCUT2D eigenvalue weighted by molar-refractivity contribution is -0.135. The van der Waals surface area contributed by atoms with Gasteiger partial charge in [0.1, 0.15) is 23.7 Å². The van der Waals surface area contributed by atoms with Crippen molar-refractivity contribution >= 4 is 59.2 Å². The van der Waals surface area contributed by atoms with E-state index in [-0.39, 0.29) is 23.9 Å². The molecule has 4 bridgehead atoms. The largest absolute Gasteiger partial charge is 0.453 e. The van der Waals surface area contributed by atoms with Crippen LogP contribution in [0, 0.1) is 0 Å². The number of thioether (sulfide) groups is 2. The van der Waals surface area contributed by atoms with Gasteiger partial charge in [0.05, 0.1) is 50.1 Å². The number of alkyl carbamates (subject to hydrolysis) is 2. The molecule has 2 aromatic heterocycles. The second-order valence-corrected chi connectivity index (χ2v) is 19.9. The number of H-pyrrole nitrogens is 2. The van der Waals surface area contributed by atoms with Gasteiger partial charge in [0.15, 0.2) is 0 Å². The van der Waals surface area contributed by atoms with Gasteiger partial charge in [-0.25, -0.2) is 19.6 Å². The van der Waals surface area contributed by atoms with E-state index in [0.29, 0.717) is 25.9 Å². The van der Waals surface area contributed by atoms with Crippen molar-refractivity contribution in [3.05, 3.63) is 106 Å². The Morgan fingerprint density at radius 3 is 1.91 bits per heavy atom. The summed E-state index contributed by atoms with van der Waals surface area (Å²) in [5.74, 6) is 2.77. The molecular weight excluding hydrogens is 897 g/mol. The molecule has 4 aromatic rings. The van der Waals surface area contributed by atoms with Crippen molar-refractivity contribution in [2.45, 2.75) is 101 Å². The van der Waals surface area contributed by atoms with Crippen LogP contribution in [0.3, 0.4) is 0 Å². The van der Waals surface area contributed by atoms with Crippen LogP contribution in [0.2, 0.25) is 0 Å². The number of methoxy groups -OCH3 is 2. The number of aromatic nitrogens is 4. The number of rotatable bonds is 15. The molecule has 360 valence electrons. The fraction of sp³-hybridized carbons (Fsp3) is 0.462. The van der Waals surface area contributed by atoms with Crippen LogP contribution in [0.4, 0.5) is 9.59 Å². The van der Waals surface area contributed by atoms with Crippen LogP contribution in [-0.2, 0) is 25.5 Å². The molecule has 2 saturated heterocycles. The summed E-state index contributed by atoms with van der Waals surface area (Å²) >= 11 is 3.27. The molecule has 68 heavy (non-hydrogen) atoms. The lowest BCUT2D eigenvalue weighted by Crippen LogP contribution is -2.48. The van der Waals surface area contributed by atoms with Crippen molar-refractivity contribution < 1.29 is 28.7 Å². The van der Waals surface area contributed by atoms with Gasteiger partial charge >= 0.3 is 12.2 Å². The lowest BCUT2D eigenvalue weighted by atomic mass is 9.83. The molecule has 14 nitrogen and oxygen atoms in total. The Hall–Kier alpha value is -5.74. The molecule has 0 unspecified atom stereocenters. The van der Waals surface area contributed by atoms with Gasteiger partial charge in [0.2, 0.25) is 11.8 Å². The number of allylic oxidation sites excluding steroid dienone is 5. The van der Waals surface area contributed by atoms with Gasteiger partial charge in [-0.2, -0.15) is 23.5 Å². The summed E-state index contributed by atoms with van der Waals surface area (Å²) in [4.78, 5) is 72.5. The number of benzene rings is 2. The van der Waals surface area contributed by atoms with Crippen LogP contribution in [0.15, 0.2) is 78.2 Å². The standard InChI is InChI=1S/C52H64N8O6S2/c1-65-51(63)57-41(23-27-67-3)49(61)59-25-7-11-45(59)47-53-31-43(55-47)38-21-19-37(20-22-38)39-29-33-9-5-6-10-35-16-14-34(15-18-36(39)17-13-33)30-40(35)44-32-54-48(56-44)46-12-8-26-60(46)50(62)42(24-28-68-4)58-52(64)66-2/h6,10,14,16,19-22,29-32,41-42,45-46H,5,7-9,11-13,15,17-18,23-28H2,1-4H3,(H,53,55)(H,54,56)(H,57,63)(H,58,64)/t41-,42-,45-,46-/m0/s1. The number of hydrogen-bond donors (Lipinski definition) is 4. The SMILES string of the molecule is COC(=O)N[C@@H](CCSC)C(=O)N1CCC[C@H]1c1ncc(-c2ccc(C3=C4CCC(=C3)CCC=Cc3ccc(cc3-c3cnc([C@@H]5CCCN5C(=O)[C@H](CCSC)NC(=O)OC)[nH]3)CC4)cc2)[nH]1. The van der Waals surface area contributed by atoms with Gasteiger partial charge < -0.3 is 39.9 Å². The second-order valence-electron chi connectivity index (χ2n) is 17.9. The summed E-state index contributed by atoms with van der Waals surface area (Å²) in [5.41, 5.74) is 11.7. The third-order valence-electron chi connectivity index (χ3n) is 13.7. The van der Waals surface area contributed by atoms with E-state index in [0.717, 1.165) is 115 Å². The van der Waals surface area contributed by atoms with Gasteiger partial charge in [-0.15, -0.1) is 0 Å². The van der Waals surface area contributed by atoms with Crippen molar-refractivity contribution in [2.75, 3.05) is 51.3 Å². The Bertz CT molecular complexity index is 2530. The van der Waals surface area contributed by atoms with E-state index < -0.39 is 24.3 Å². The number of carbonyl (C=O) groups is 4. The van der Waals surface area contributed by atoms with E-state index >= 15 is 0 Å². The van der Waals surface area contributed by atoms with Crippen molar-refractivity contribution in [1.82, 2.24) is 40.4 Å². The molecule has 0 radical (unpaired) electrons. The van der Waals surface area contributed by atoms with Crippen LogP contribution in [0.5, 0.6) is 0 Å². The normalized spacial score (nSPS) is 19.1. The van der Waals surface area contributed by atoms with E-state index in [9.17, 15) is 19.2 Å². The van der Waals surface area contributed by atoms with Crippen LogP contribution in [0.1, 0.15) is 111 Å². The van der Waals surface area contributed by atoms with E-state index in [1.165, 1.54) is 42.1 Å². The number of imidazole rings is 2. The average molecular weight is 961 g/mol. The number of ether oxygens (including phenoxy) is 2. The van der Waals surface area contributed by atoms with Crippen molar-refractivity contribution in [1.29, 1.82) is 0 Å². The minimum atomic E-state index is -0.662. The molecule has 2 aromatic carbocycles. The molecular formula is C52H64N8O6S2. The molecule has 0 spiro atoms. The van der Waals surface area contributed by atoms with E-state index in [1.807, 2.05) is 34.7 Å². The predicted octanol–water partition coefficient (Wildman–Crippen LogP) is 9.66. The smallest absolute Gasteiger partial charge is 0.407 e. The Morgan fingerprint density at radius 2 is 1.31 bits per heavy atom. The highest BCUT2D eigenvalue weighted by Gasteiger charge is 2.38. The number of likely N-dealkylation sites (tertiary alicyclic amines) is 2. The summed E-state index contributed by atoms with van der Waals surface area (Å²) in [6.45, 7) is 1.21. The highest BCUT2D eigenvalue weighted by molar-refractivity contribution is 7.98. The predicted molar refractivity (Wildman–Crippen MR) is 271 cm³/mol. The number of amides is 4. The van der Waals surface area contributed by atoms with Crippen LogP contribution in [-0.4, -0.2) is 117 Å². The van der Waals surface area contributed by atoms with Crippen LogP contribution < -0.4 is 10.6 Å². The van der Waals surface area contributed by atoms with E-state index in [2.05, 4.69) is 81.3 Å².